The van der Waals surface area contributed by atoms with Crippen molar-refractivity contribution in [1.29, 1.82) is 0 Å². The van der Waals surface area contributed by atoms with Gasteiger partial charge in [0.2, 0.25) is 0 Å². The summed E-state index contributed by atoms with van der Waals surface area (Å²) in [6, 6.07) is 14.9. The molecule has 0 saturated carbocycles. The Morgan fingerprint density at radius 2 is 1.95 bits per heavy atom. The maximum absolute atomic E-state index is 6.85. The first-order chi connectivity index (χ1) is 10.1. The fourth-order valence-corrected chi connectivity index (χ4v) is 3.74. The number of halogens is 1. The molecule has 110 valence electrons. The average Bonchev–Trinajstić information content (AvgIpc) is 2.63. The van der Waals surface area contributed by atoms with E-state index >= 15 is 0 Å². The minimum Gasteiger partial charge on any atom is -0.321 e. The Balaban J connectivity index is 2.00. The third-order valence-corrected chi connectivity index (χ3v) is 4.94. The highest BCUT2D eigenvalue weighted by Gasteiger charge is 2.31. The lowest BCUT2D eigenvalue weighted by Crippen LogP contribution is -2.39. The Bertz CT molecular complexity index is 650. The van der Waals surface area contributed by atoms with Crippen molar-refractivity contribution in [1.82, 2.24) is 0 Å². The van der Waals surface area contributed by atoms with Gasteiger partial charge in [0.25, 0.3) is 0 Å². The van der Waals surface area contributed by atoms with Crippen LogP contribution in [0.3, 0.4) is 0 Å². The van der Waals surface area contributed by atoms with Gasteiger partial charge in [-0.2, -0.15) is 0 Å². The molecule has 2 heteroatoms. The first-order valence-corrected chi connectivity index (χ1v) is 8.09. The zero-order valence-corrected chi connectivity index (χ0v) is 13.3. The van der Waals surface area contributed by atoms with Crippen LogP contribution in [0.25, 0.3) is 0 Å². The molecule has 2 aromatic rings. The van der Waals surface area contributed by atoms with Gasteiger partial charge >= 0.3 is 0 Å². The van der Waals surface area contributed by atoms with Crippen LogP contribution in [0.2, 0.25) is 5.02 Å². The maximum atomic E-state index is 6.85. The Morgan fingerprint density at radius 1 is 1.14 bits per heavy atom. The van der Waals surface area contributed by atoms with Crippen molar-refractivity contribution in [3.8, 4) is 0 Å². The molecular weight excluding hydrogens is 278 g/mol. The van der Waals surface area contributed by atoms with Gasteiger partial charge in [-0.1, -0.05) is 54.4 Å². The van der Waals surface area contributed by atoms with Crippen LogP contribution < -0.4 is 5.73 Å². The molecule has 0 bridgehead atoms. The van der Waals surface area contributed by atoms with Gasteiger partial charge in [0.05, 0.1) is 0 Å². The van der Waals surface area contributed by atoms with Crippen molar-refractivity contribution in [2.24, 2.45) is 5.73 Å². The lowest BCUT2D eigenvalue weighted by Gasteiger charge is -2.31. The number of aryl methyl sites for hydroxylation is 2. The van der Waals surface area contributed by atoms with Crippen molar-refractivity contribution in [3.63, 3.8) is 0 Å². The third-order valence-electron chi connectivity index (χ3n) is 4.59. The van der Waals surface area contributed by atoms with Gasteiger partial charge in [0, 0.05) is 10.6 Å². The summed E-state index contributed by atoms with van der Waals surface area (Å²) in [5.74, 6) is 0. The van der Waals surface area contributed by atoms with E-state index in [-0.39, 0.29) is 5.54 Å². The van der Waals surface area contributed by atoms with E-state index in [4.69, 9.17) is 17.3 Å². The molecule has 2 N–H and O–H groups in total. The highest BCUT2D eigenvalue weighted by atomic mass is 35.5. The summed E-state index contributed by atoms with van der Waals surface area (Å²) in [4.78, 5) is 0. The van der Waals surface area contributed by atoms with Crippen molar-refractivity contribution in [2.45, 2.75) is 44.6 Å². The summed E-state index contributed by atoms with van der Waals surface area (Å²) >= 11 is 6.42. The Hall–Kier alpha value is -1.31. The van der Waals surface area contributed by atoms with Crippen LogP contribution in [0, 0.1) is 6.92 Å². The minimum absolute atomic E-state index is 0.300. The van der Waals surface area contributed by atoms with Crippen LogP contribution in [-0.2, 0) is 18.4 Å². The van der Waals surface area contributed by atoms with Gasteiger partial charge in [0.15, 0.2) is 0 Å². The summed E-state index contributed by atoms with van der Waals surface area (Å²) in [6.45, 7) is 2.06. The maximum Gasteiger partial charge on any atom is 0.0453 e. The van der Waals surface area contributed by atoms with Gasteiger partial charge in [-0.25, -0.2) is 0 Å². The van der Waals surface area contributed by atoms with E-state index in [0.717, 1.165) is 29.8 Å². The topological polar surface area (TPSA) is 26.0 Å². The highest BCUT2D eigenvalue weighted by molar-refractivity contribution is 6.31. The van der Waals surface area contributed by atoms with Gasteiger partial charge < -0.3 is 5.73 Å². The van der Waals surface area contributed by atoms with E-state index in [2.05, 4.69) is 43.3 Å². The molecular formula is C19H22ClN. The summed E-state index contributed by atoms with van der Waals surface area (Å²) in [5.41, 5.74) is 11.6. The molecule has 1 atom stereocenters. The van der Waals surface area contributed by atoms with Crippen LogP contribution in [0.5, 0.6) is 0 Å². The average molecular weight is 300 g/mol. The summed E-state index contributed by atoms with van der Waals surface area (Å²) in [6.07, 6.45) is 5.36. The monoisotopic (exact) mass is 299 g/mol. The number of benzene rings is 2. The summed E-state index contributed by atoms with van der Waals surface area (Å²) in [5, 5.41) is 0.835. The van der Waals surface area contributed by atoms with Crippen LogP contribution in [0.1, 0.15) is 41.5 Å². The normalized spacial score (nSPS) is 21.7. The molecule has 0 amide bonds. The molecule has 0 aliphatic heterocycles. The quantitative estimate of drug-likeness (QED) is 0.794. The predicted molar refractivity (Wildman–Crippen MR) is 89.8 cm³/mol. The molecule has 1 nitrogen and oxygen atoms in total. The van der Waals surface area contributed by atoms with Gasteiger partial charge in [-0.3, -0.25) is 0 Å². The number of nitrogens with two attached hydrogens (primary N) is 1. The molecule has 0 saturated heterocycles. The molecule has 1 aliphatic carbocycles. The van der Waals surface area contributed by atoms with Crippen LogP contribution >= 0.6 is 11.6 Å². The van der Waals surface area contributed by atoms with E-state index in [1.165, 1.54) is 29.5 Å². The van der Waals surface area contributed by atoms with Crippen molar-refractivity contribution in [2.75, 3.05) is 0 Å². The Labute approximate surface area is 132 Å². The molecule has 21 heavy (non-hydrogen) atoms. The molecule has 0 fully saturated rings. The van der Waals surface area contributed by atoms with Crippen LogP contribution in [-0.4, -0.2) is 0 Å². The summed E-state index contributed by atoms with van der Waals surface area (Å²) in [7, 11) is 0. The second-order valence-electron chi connectivity index (χ2n) is 6.29. The van der Waals surface area contributed by atoms with E-state index in [1.807, 2.05) is 6.07 Å². The van der Waals surface area contributed by atoms with Gasteiger partial charge in [-0.05, 0) is 60.9 Å². The second-order valence-corrected chi connectivity index (χ2v) is 6.70. The van der Waals surface area contributed by atoms with Gasteiger partial charge in [0.1, 0.15) is 0 Å². The van der Waals surface area contributed by atoms with Crippen molar-refractivity contribution >= 4 is 11.6 Å². The number of hydrogen-bond acceptors (Lipinski definition) is 1. The smallest absolute Gasteiger partial charge is 0.0453 e. The second kappa shape index (κ2) is 5.82. The largest absolute Gasteiger partial charge is 0.321 e. The highest BCUT2D eigenvalue weighted by Crippen LogP contribution is 2.36. The lowest BCUT2D eigenvalue weighted by atomic mass is 9.80. The van der Waals surface area contributed by atoms with E-state index < -0.39 is 0 Å². The minimum atomic E-state index is -0.300. The standard InChI is InChI=1S/C19H22ClN/c1-14-9-10-16(18(20)12-14)13-19(21)11-5-4-7-15-6-2-3-8-17(15)19/h2-3,6,8-10,12H,4-5,7,11,13,21H2,1H3. The van der Waals surface area contributed by atoms with Crippen LogP contribution in [0.15, 0.2) is 42.5 Å². The molecule has 1 unspecified atom stereocenters. The molecule has 2 aromatic carbocycles. The number of fused-ring (bicyclic) bond motifs is 1. The third kappa shape index (κ3) is 3.00. The van der Waals surface area contributed by atoms with E-state index in [0.29, 0.717) is 0 Å². The molecule has 0 aromatic heterocycles. The van der Waals surface area contributed by atoms with Crippen LogP contribution in [0.4, 0.5) is 0 Å². The fourth-order valence-electron chi connectivity index (χ4n) is 3.43. The SMILES string of the molecule is Cc1ccc(CC2(N)CCCCc3ccccc32)c(Cl)c1. The van der Waals surface area contributed by atoms with E-state index in [9.17, 15) is 0 Å². The first-order valence-electron chi connectivity index (χ1n) is 7.71. The van der Waals surface area contributed by atoms with Crippen molar-refractivity contribution in [3.05, 3.63) is 69.7 Å². The number of rotatable bonds is 2. The lowest BCUT2D eigenvalue weighted by molar-refractivity contribution is 0.399. The molecule has 1 aliphatic rings. The zero-order chi connectivity index (χ0) is 14.9. The van der Waals surface area contributed by atoms with Gasteiger partial charge in [-0.15, -0.1) is 0 Å². The number of hydrogen-bond donors (Lipinski definition) is 1. The fraction of sp³-hybridized carbons (Fsp3) is 0.368. The first kappa shape index (κ1) is 14.6. The van der Waals surface area contributed by atoms with E-state index in [1.54, 1.807) is 0 Å². The van der Waals surface area contributed by atoms with Crippen molar-refractivity contribution < 1.29 is 0 Å². The molecule has 0 heterocycles. The zero-order valence-electron chi connectivity index (χ0n) is 12.5. The summed E-state index contributed by atoms with van der Waals surface area (Å²) < 4.78 is 0. The molecule has 3 rings (SSSR count). The molecule has 0 spiro atoms. The molecule has 0 radical (unpaired) electrons. The predicted octanol–water partition coefficient (Wildman–Crippen LogP) is 4.77. The Morgan fingerprint density at radius 3 is 2.76 bits per heavy atom. The Kier molecular flexibility index (Phi) is 4.05.